The molecule has 3 heterocycles. The number of benzene rings is 2. The van der Waals surface area contributed by atoms with Crippen molar-refractivity contribution in [2.75, 3.05) is 27.0 Å². The molecule has 0 saturated carbocycles. The summed E-state index contributed by atoms with van der Waals surface area (Å²) in [6.45, 7) is 2.77. The lowest BCUT2D eigenvalue weighted by Crippen LogP contribution is -2.20. The molecule has 150 valence electrons. The third kappa shape index (κ3) is 3.63. The van der Waals surface area contributed by atoms with Gasteiger partial charge in [0, 0.05) is 29.7 Å². The lowest BCUT2D eigenvalue weighted by Gasteiger charge is -2.16. The molecule has 1 fully saturated rings. The van der Waals surface area contributed by atoms with Crippen LogP contribution < -0.4 is 14.2 Å². The molecular weight excluding hydrogens is 394 g/mol. The van der Waals surface area contributed by atoms with Gasteiger partial charge in [0.2, 0.25) is 18.5 Å². The van der Waals surface area contributed by atoms with Crippen LogP contribution in [0.1, 0.15) is 23.8 Å². The van der Waals surface area contributed by atoms with E-state index in [1.165, 1.54) is 0 Å². The Kier molecular flexibility index (Phi) is 4.77. The molecule has 0 aliphatic carbocycles. The van der Waals surface area contributed by atoms with E-state index >= 15 is 0 Å². The predicted octanol–water partition coefficient (Wildman–Crippen LogP) is 4.12. The minimum absolute atomic E-state index is 0.210. The van der Waals surface area contributed by atoms with Gasteiger partial charge in [-0.15, -0.1) is 0 Å². The Hall–Kier alpha value is -2.77. The normalized spacial score (nSPS) is 18.3. The molecule has 5 rings (SSSR count). The first-order valence-corrected chi connectivity index (χ1v) is 9.86. The van der Waals surface area contributed by atoms with Gasteiger partial charge in [-0.25, -0.2) is 0 Å². The number of halogens is 1. The van der Waals surface area contributed by atoms with Crippen LogP contribution in [0.25, 0.3) is 11.4 Å². The summed E-state index contributed by atoms with van der Waals surface area (Å²) >= 11 is 6.42. The first kappa shape index (κ1) is 18.3. The summed E-state index contributed by atoms with van der Waals surface area (Å²) in [5.74, 6) is 3.74. The number of methoxy groups -OCH3 is 1. The molecule has 0 spiro atoms. The molecule has 0 amide bonds. The van der Waals surface area contributed by atoms with Gasteiger partial charge in [-0.1, -0.05) is 16.8 Å². The molecule has 1 unspecified atom stereocenters. The predicted molar refractivity (Wildman–Crippen MR) is 106 cm³/mol. The smallest absolute Gasteiger partial charge is 0.231 e. The topological polar surface area (TPSA) is 69.9 Å². The van der Waals surface area contributed by atoms with Crippen molar-refractivity contribution < 1.29 is 18.7 Å². The van der Waals surface area contributed by atoms with E-state index in [0.29, 0.717) is 22.5 Å². The van der Waals surface area contributed by atoms with Crippen LogP contribution >= 0.6 is 11.6 Å². The first-order chi connectivity index (χ1) is 14.2. The van der Waals surface area contributed by atoms with Gasteiger partial charge in [0.05, 0.1) is 13.0 Å². The quantitative estimate of drug-likeness (QED) is 0.623. The van der Waals surface area contributed by atoms with Gasteiger partial charge in [-0.3, -0.25) is 4.90 Å². The number of nitrogens with zero attached hydrogens (tertiary/aromatic N) is 3. The van der Waals surface area contributed by atoms with E-state index in [9.17, 15) is 0 Å². The number of hydrogen-bond donors (Lipinski definition) is 0. The SMILES string of the molecule is COc1ccc(-c2noc(C3CCN(Cc4cc5c(cc4Cl)OCO5)C3)n2)cc1. The molecule has 1 aromatic heterocycles. The number of rotatable bonds is 5. The molecule has 2 aliphatic heterocycles. The zero-order chi connectivity index (χ0) is 19.8. The van der Waals surface area contributed by atoms with Crippen molar-refractivity contribution in [2.45, 2.75) is 18.9 Å². The molecule has 0 radical (unpaired) electrons. The molecule has 8 heteroatoms. The van der Waals surface area contributed by atoms with E-state index in [1.807, 2.05) is 36.4 Å². The van der Waals surface area contributed by atoms with Crippen LogP contribution in [0.3, 0.4) is 0 Å². The van der Waals surface area contributed by atoms with E-state index in [0.717, 1.165) is 48.7 Å². The van der Waals surface area contributed by atoms with Crippen molar-refractivity contribution in [2.24, 2.45) is 0 Å². The number of ether oxygens (including phenoxy) is 3. The average Bonchev–Trinajstić information content (AvgIpc) is 3.49. The average molecular weight is 414 g/mol. The fraction of sp³-hybridized carbons (Fsp3) is 0.333. The van der Waals surface area contributed by atoms with E-state index in [4.69, 9.17) is 30.3 Å². The second-order valence-corrected chi connectivity index (χ2v) is 7.61. The highest BCUT2D eigenvalue weighted by molar-refractivity contribution is 6.31. The Balaban J connectivity index is 1.26. The lowest BCUT2D eigenvalue weighted by molar-refractivity contribution is 0.174. The largest absolute Gasteiger partial charge is 0.497 e. The third-order valence-electron chi connectivity index (χ3n) is 5.35. The highest BCUT2D eigenvalue weighted by Gasteiger charge is 2.29. The Morgan fingerprint density at radius 1 is 1.17 bits per heavy atom. The summed E-state index contributed by atoms with van der Waals surface area (Å²) in [6.07, 6.45) is 0.965. The molecule has 2 aliphatic rings. The summed E-state index contributed by atoms with van der Waals surface area (Å²) in [4.78, 5) is 6.96. The van der Waals surface area contributed by atoms with Gasteiger partial charge >= 0.3 is 0 Å². The number of likely N-dealkylation sites (tertiary alicyclic amines) is 1. The van der Waals surface area contributed by atoms with Crippen LogP contribution in [0.4, 0.5) is 0 Å². The first-order valence-electron chi connectivity index (χ1n) is 9.48. The van der Waals surface area contributed by atoms with Crippen molar-refractivity contribution in [3.63, 3.8) is 0 Å². The molecule has 0 N–H and O–H groups in total. The van der Waals surface area contributed by atoms with Gasteiger partial charge < -0.3 is 18.7 Å². The zero-order valence-electron chi connectivity index (χ0n) is 15.9. The molecule has 29 heavy (non-hydrogen) atoms. The highest BCUT2D eigenvalue weighted by Crippen LogP contribution is 2.38. The maximum atomic E-state index is 6.42. The Morgan fingerprint density at radius 3 is 2.76 bits per heavy atom. The standard InChI is InChI=1S/C21H20ClN3O4/c1-26-16-4-2-13(3-5-16)20-23-21(29-24-20)14-6-7-25(10-14)11-15-8-18-19(9-17(15)22)28-12-27-18/h2-5,8-9,14H,6-7,10-12H2,1H3. The van der Waals surface area contributed by atoms with Crippen LogP contribution in [0, 0.1) is 0 Å². The minimum atomic E-state index is 0.210. The van der Waals surface area contributed by atoms with Crippen molar-refractivity contribution in [1.82, 2.24) is 15.0 Å². The molecular formula is C21H20ClN3O4. The van der Waals surface area contributed by atoms with Gasteiger partial charge in [-0.2, -0.15) is 4.98 Å². The number of aromatic nitrogens is 2. The fourth-order valence-electron chi connectivity index (χ4n) is 3.76. The second kappa shape index (κ2) is 7.57. The van der Waals surface area contributed by atoms with E-state index < -0.39 is 0 Å². The zero-order valence-corrected chi connectivity index (χ0v) is 16.7. The molecule has 0 bridgehead atoms. The maximum absolute atomic E-state index is 6.42. The Labute approximate surface area is 173 Å². The molecule has 1 atom stereocenters. The second-order valence-electron chi connectivity index (χ2n) is 7.20. The fourth-order valence-corrected chi connectivity index (χ4v) is 3.97. The van der Waals surface area contributed by atoms with Gasteiger partial charge in [0.25, 0.3) is 0 Å². The van der Waals surface area contributed by atoms with Crippen LogP contribution in [0.2, 0.25) is 5.02 Å². The Bertz CT molecular complexity index is 1020. The number of fused-ring (bicyclic) bond motifs is 1. The van der Waals surface area contributed by atoms with E-state index in [-0.39, 0.29) is 12.7 Å². The van der Waals surface area contributed by atoms with Crippen molar-refractivity contribution in [3.05, 3.63) is 52.9 Å². The molecule has 2 aromatic carbocycles. The van der Waals surface area contributed by atoms with Gasteiger partial charge in [0.1, 0.15) is 5.75 Å². The van der Waals surface area contributed by atoms with Crippen LogP contribution in [0.15, 0.2) is 40.9 Å². The molecule has 1 saturated heterocycles. The maximum Gasteiger partial charge on any atom is 0.231 e. The highest BCUT2D eigenvalue weighted by atomic mass is 35.5. The van der Waals surface area contributed by atoms with Crippen LogP contribution in [-0.2, 0) is 6.54 Å². The summed E-state index contributed by atoms with van der Waals surface area (Å²) in [7, 11) is 1.64. The van der Waals surface area contributed by atoms with Crippen LogP contribution in [-0.4, -0.2) is 42.0 Å². The van der Waals surface area contributed by atoms with Crippen molar-refractivity contribution in [3.8, 4) is 28.6 Å². The minimum Gasteiger partial charge on any atom is -0.497 e. The van der Waals surface area contributed by atoms with Crippen molar-refractivity contribution >= 4 is 11.6 Å². The van der Waals surface area contributed by atoms with E-state index in [2.05, 4.69) is 15.0 Å². The van der Waals surface area contributed by atoms with Crippen molar-refractivity contribution in [1.29, 1.82) is 0 Å². The summed E-state index contributed by atoms with van der Waals surface area (Å²) in [6, 6.07) is 11.4. The third-order valence-corrected chi connectivity index (χ3v) is 5.70. The van der Waals surface area contributed by atoms with Gasteiger partial charge in [-0.05, 0) is 48.9 Å². The summed E-state index contributed by atoms with van der Waals surface area (Å²) in [5.41, 5.74) is 1.93. The number of hydrogen-bond acceptors (Lipinski definition) is 7. The lowest BCUT2D eigenvalue weighted by atomic mass is 10.1. The van der Waals surface area contributed by atoms with E-state index in [1.54, 1.807) is 7.11 Å². The summed E-state index contributed by atoms with van der Waals surface area (Å²) < 4.78 is 21.6. The summed E-state index contributed by atoms with van der Waals surface area (Å²) in [5, 5.41) is 4.84. The van der Waals surface area contributed by atoms with Gasteiger partial charge in [0.15, 0.2) is 11.5 Å². The Morgan fingerprint density at radius 2 is 1.97 bits per heavy atom. The molecule has 3 aromatic rings. The molecule has 7 nitrogen and oxygen atoms in total. The van der Waals surface area contributed by atoms with Crippen LogP contribution in [0.5, 0.6) is 17.2 Å². The monoisotopic (exact) mass is 413 g/mol.